The number of benzene rings is 1. The van der Waals surface area contributed by atoms with Gasteiger partial charge in [0.2, 0.25) is 0 Å². The van der Waals surface area contributed by atoms with Crippen LogP contribution in [0.5, 0.6) is 5.75 Å². The molecule has 3 heteroatoms. The number of rotatable bonds is 2. The first-order chi connectivity index (χ1) is 8.63. The van der Waals surface area contributed by atoms with E-state index in [-0.39, 0.29) is 5.54 Å². The Balaban J connectivity index is 2.12. The Bertz CT molecular complexity index is 590. The Morgan fingerprint density at radius 1 is 1.28 bits per heavy atom. The average molecular weight is 259 g/mol. The van der Waals surface area contributed by atoms with E-state index in [2.05, 4.69) is 31.2 Å². The lowest BCUT2D eigenvalue weighted by molar-refractivity contribution is 0.413. The van der Waals surface area contributed by atoms with E-state index in [9.17, 15) is 0 Å². The number of methoxy groups -OCH3 is 1. The van der Waals surface area contributed by atoms with Crippen molar-refractivity contribution in [2.24, 2.45) is 5.73 Å². The van der Waals surface area contributed by atoms with Crippen LogP contribution in [0.15, 0.2) is 30.3 Å². The summed E-state index contributed by atoms with van der Waals surface area (Å²) in [6.45, 7) is 2.12. The third-order valence-corrected chi connectivity index (χ3v) is 4.94. The van der Waals surface area contributed by atoms with Crippen molar-refractivity contribution in [3.63, 3.8) is 0 Å². The molecule has 2 nitrogen and oxygen atoms in total. The van der Waals surface area contributed by atoms with Crippen LogP contribution in [-0.2, 0) is 12.0 Å². The van der Waals surface area contributed by atoms with Crippen LogP contribution >= 0.6 is 11.3 Å². The van der Waals surface area contributed by atoms with E-state index in [4.69, 9.17) is 10.5 Å². The van der Waals surface area contributed by atoms with Crippen LogP contribution in [-0.4, -0.2) is 7.11 Å². The van der Waals surface area contributed by atoms with E-state index in [1.807, 2.05) is 6.07 Å². The molecule has 0 saturated carbocycles. The number of nitrogens with two attached hydrogens (primary N) is 1. The summed E-state index contributed by atoms with van der Waals surface area (Å²) < 4.78 is 5.32. The van der Waals surface area contributed by atoms with Gasteiger partial charge in [0.05, 0.1) is 12.6 Å². The minimum absolute atomic E-state index is 0.331. The van der Waals surface area contributed by atoms with E-state index in [0.717, 1.165) is 18.6 Å². The first-order valence-corrected chi connectivity index (χ1v) is 6.98. The molecule has 0 aliphatic heterocycles. The summed E-state index contributed by atoms with van der Waals surface area (Å²) in [5.74, 6) is 0.888. The molecular formula is C15H17NOS. The highest BCUT2D eigenvalue weighted by molar-refractivity contribution is 7.12. The zero-order chi connectivity index (χ0) is 12.8. The van der Waals surface area contributed by atoms with E-state index >= 15 is 0 Å². The van der Waals surface area contributed by atoms with Crippen LogP contribution in [0.3, 0.4) is 0 Å². The number of thiophene rings is 1. The van der Waals surface area contributed by atoms with Crippen molar-refractivity contribution in [2.75, 3.05) is 7.11 Å². The fourth-order valence-corrected chi connectivity index (χ4v) is 3.73. The molecule has 18 heavy (non-hydrogen) atoms. The van der Waals surface area contributed by atoms with Crippen LogP contribution in [0.4, 0.5) is 0 Å². The van der Waals surface area contributed by atoms with Crippen LogP contribution in [0, 0.1) is 6.92 Å². The molecule has 0 radical (unpaired) electrons. The van der Waals surface area contributed by atoms with Crippen molar-refractivity contribution in [1.82, 2.24) is 0 Å². The largest absolute Gasteiger partial charge is 0.497 e. The maximum Gasteiger partial charge on any atom is 0.119 e. The molecule has 1 heterocycles. The molecule has 0 bridgehead atoms. The number of ether oxygens (including phenoxy) is 1. The molecule has 1 aromatic carbocycles. The van der Waals surface area contributed by atoms with Crippen molar-refractivity contribution in [1.29, 1.82) is 0 Å². The summed E-state index contributed by atoms with van der Waals surface area (Å²) in [5, 5.41) is 0. The summed E-state index contributed by atoms with van der Waals surface area (Å²) in [6, 6.07) is 10.6. The highest BCUT2D eigenvalue weighted by Crippen LogP contribution is 2.43. The fourth-order valence-electron chi connectivity index (χ4n) is 2.71. The molecule has 0 spiro atoms. The molecule has 1 aliphatic rings. The minimum atomic E-state index is -0.331. The highest BCUT2D eigenvalue weighted by atomic mass is 32.1. The average Bonchev–Trinajstić information content (AvgIpc) is 2.95. The van der Waals surface area contributed by atoms with Crippen molar-refractivity contribution < 1.29 is 4.74 Å². The van der Waals surface area contributed by atoms with Crippen molar-refractivity contribution in [3.8, 4) is 5.75 Å². The SMILES string of the molecule is COc1ccc2c(c1)C(N)(c1ccc(C)s1)CC2. The van der Waals surface area contributed by atoms with Gasteiger partial charge in [-0.05, 0) is 55.2 Å². The van der Waals surface area contributed by atoms with Crippen LogP contribution < -0.4 is 10.5 Å². The quantitative estimate of drug-likeness (QED) is 0.898. The van der Waals surface area contributed by atoms with Gasteiger partial charge in [-0.15, -0.1) is 11.3 Å². The van der Waals surface area contributed by atoms with Crippen molar-refractivity contribution in [3.05, 3.63) is 51.2 Å². The Morgan fingerprint density at radius 3 is 2.78 bits per heavy atom. The van der Waals surface area contributed by atoms with Gasteiger partial charge in [-0.1, -0.05) is 6.07 Å². The first-order valence-electron chi connectivity index (χ1n) is 6.17. The normalized spacial score (nSPS) is 21.9. The number of fused-ring (bicyclic) bond motifs is 1. The molecule has 0 saturated heterocycles. The summed E-state index contributed by atoms with van der Waals surface area (Å²) in [5.41, 5.74) is 8.93. The summed E-state index contributed by atoms with van der Waals surface area (Å²) in [4.78, 5) is 2.57. The van der Waals surface area contributed by atoms with Crippen molar-refractivity contribution in [2.45, 2.75) is 25.3 Å². The molecule has 0 fully saturated rings. The van der Waals surface area contributed by atoms with Gasteiger partial charge in [-0.3, -0.25) is 0 Å². The summed E-state index contributed by atoms with van der Waals surface area (Å²) >= 11 is 1.80. The Hall–Kier alpha value is -1.32. The molecule has 94 valence electrons. The zero-order valence-corrected chi connectivity index (χ0v) is 11.5. The van der Waals surface area contributed by atoms with Gasteiger partial charge in [-0.25, -0.2) is 0 Å². The van der Waals surface area contributed by atoms with E-state index in [0.29, 0.717) is 0 Å². The maximum absolute atomic E-state index is 6.68. The summed E-state index contributed by atoms with van der Waals surface area (Å²) in [7, 11) is 1.70. The molecule has 1 aliphatic carbocycles. The number of hydrogen-bond donors (Lipinski definition) is 1. The van der Waals surface area contributed by atoms with Gasteiger partial charge in [0.25, 0.3) is 0 Å². The van der Waals surface area contributed by atoms with E-state index in [1.165, 1.54) is 20.9 Å². The van der Waals surface area contributed by atoms with Crippen LogP contribution in [0.2, 0.25) is 0 Å². The highest BCUT2D eigenvalue weighted by Gasteiger charge is 2.37. The first kappa shape index (κ1) is 11.8. The molecule has 1 unspecified atom stereocenters. The lowest BCUT2D eigenvalue weighted by atomic mass is 9.91. The molecule has 1 atom stereocenters. The van der Waals surface area contributed by atoms with Gasteiger partial charge in [-0.2, -0.15) is 0 Å². The van der Waals surface area contributed by atoms with Gasteiger partial charge in [0.1, 0.15) is 5.75 Å². The van der Waals surface area contributed by atoms with Gasteiger partial charge < -0.3 is 10.5 Å². The molecule has 3 rings (SSSR count). The Kier molecular flexibility index (Phi) is 2.68. The van der Waals surface area contributed by atoms with E-state index < -0.39 is 0 Å². The molecule has 0 amide bonds. The lowest BCUT2D eigenvalue weighted by Gasteiger charge is -2.24. The second-order valence-electron chi connectivity index (χ2n) is 4.90. The number of aryl methyl sites for hydroxylation is 2. The monoisotopic (exact) mass is 259 g/mol. The molecule has 2 N–H and O–H groups in total. The molecule has 1 aromatic heterocycles. The topological polar surface area (TPSA) is 35.2 Å². The Morgan fingerprint density at radius 2 is 2.11 bits per heavy atom. The fraction of sp³-hybridized carbons (Fsp3) is 0.333. The van der Waals surface area contributed by atoms with E-state index in [1.54, 1.807) is 18.4 Å². The summed E-state index contributed by atoms with van der Waals surface area (Å²) in [6.07, 6.45) is 2.03. The third kappa shape index (κ3) is 1.66. The smallest absolute Gasteiger partial charge is 0.119 e. The van der Waals surface area contributed by atoms with Gasteiger partial charge >= 0.3 is 0 Å². The molecular weight excluding hydrogens is 242 g/mol. The second kappa shape index (κ2) is 4.11. The van der Waals surface area contributed by atoms with Crippen LogP contribution in [0.25, 0.3) is 0 Å². The van der Waals surface area contributed by atoms with Crippen molar-refractivity contribution >= 4 is 11.3 Å². The zero-order valence-electron chi connectivity index (χ0n) is 10.7. The predicted molar refractivity (Wildman–Crippen MR) is 75.3 cm³/mol. The van der Waals surface area contributed by atoms with Gasteiger partial charge in [0.15, 0.2) is 0 Å². The number of hydrogen-bond acceptors (Lipinski definition) is 3. The second-order valence-corrected chi connectivity index (χ2v) is 6.19. The van der Waals surface area contributed by atoms with Crippen LogP contribution in [0.1, 0.15) is 27.3 Å². The lowest BCUT2D eigenvalue weighted by Crippen LogP contribution is -2.34. The predicted octanol–water partition coefficient (Wildman–Crippen LogP) is 3.21. The minimum Gasteiger partial charge on any atom is -0.497 e. The maximum atomic E-state index is 6.68. The third-order valence-electron chi connectivity index (χ3n) is 3.77. The Labute approximate surface area is 111 Å². The molecule has 2 aromatic rings. The van der Waals surface area contributed by atoms with Gasteiger partial charge in [0, 0.05) is 9.75 Å². The standard InChI is InChI=1S/C15H17NOS/c1-10-3-6-14(18-10)15(16)8-7-11-4-5-12(17-2)9-13(11)15/h3-6,9H,7-8,16H2,1-2H3.